The number of nitrogens with zero attached hydrogens (tertiary/aromatic N) is 1. The monoisotopic (exact) mass is 464 g/mol. The minimum absolute atomic E-state index is 0.0710. The minimum atomic E-state index is -0.131. The Hall–Kier alpha value is -2.76. The van der Waals surface area contributed by atoms with E-state index in [0.717, 1.165) is 34.4 Å². The normalized spacial score (nSPS) is 15.8. The summed E-state index contributed by atoms with van der Waals surface area (Å²) < 4.78 is 0. The molecule has 0 bridgehead atoms. The Morgan fingerprint density at radius 2 is 1.81 bits per heavy atom. The Morgan fingerprint density at radius 3 is 2.50 bits per heavy atom. The van der Waals surface area contributed by atoms with Gasteiger partial charge in [-0.15, -0.1) is 11.8 Å². The Balaban J connectivity index is 1.49. The molecular formula is C26H25ClN2O2S. The van der Waals surface area contributed by atoms with Gasteiger partial charge in [-0.1, -0.05) is 61.0 Å². The second-order valence-electron chi connectivity index (χ2n) is 7.85. The standard InChI is InChI=1S/C26H25ClN2O2S/c1-3-19-6-4-5-17(2)24(19)28-25(31)20-9-11-21(12-10-20)26-29(23(30)16-32-26)15-18-7-13-22(27)14-8-18/h4-14,26H,3,15-16H2,1-2H3,(H,28,31)/t26-/m1/s1. The van der Waals surface area contributed by atoms with Crippen LogP contribution in [0.3, 0.4) is 0 Å². The number of amides is 2. The highest BCUT2D eigenvalue weighted by Gasteiger charge is 2.32. The molecule has 164 valence electrons. The third-order valence-electron chi connectivity index (χ3n) is 5.67. The van der Waals surface area contributed by atoms with Crippen molar-refractivity contribution in [1.82, 2.24) is 4.90 Å². The molecule has 3 aromatic carbocycles. The van der Waals surface area contributed by atoms with Crippen LogP contribution in [0, 0.1) is 6.92 Å². The predicted octanol–water partition coefficient (Wildman–Crippen LogP) is 6.24. The van der Waals surface area contributed by atoms with Crippen LogP contribution in [0.15, 0.2) is 66.7 Å². The lowest BCUT2D eigenvalue weighted by Crippen LogP contribution is -2.27. The largest absolute Gasteiger partial charge is 0.322 e. The molecule has 0 unspecified atom stereocenters. The maximum atomic E-state index is 12.9. The number of carbonyl (C=O) groups excluding carboxylic acids is 2. The van der Waals surface area contributed by atoms with E-state index in [9.17, 15) is 9.59 Å². The SMILES string of the molecule is CCc1cccc(C)c1NC(=O)c1ccc([C@H]2SCC(=O)N2Cc2ccc(Cl)cc2)cc1. The van der Waals surface area contributed by atoms with Gasteiger partial charge in [0.2, 0.25) is 5.91 Å². The van der Waals surface area contributed by atoms with Crippen molar-refractivity contribution in [3.63, 3.8) is 0 Å². The number of nitrogens with one attached hydrogen (secondary N) is 1. The maximum absolute atomic E-state index is 12.9. The average Bonchev–Trinajstić information content (AvgIpc) is 3.16. The summed E-state index contributed by atoms with van der Waals surface area (Å²) in [5.74, 6) is 0.435. The zero-order valence-corrected chi connectivity index (χ0v) is 19.7. The molecule has 1 aliphatic rings. The van der Waals surface area contributed by atoms with E-state index in [2.05, 4.69) is 12.2 Å². The number of halogens is 1. The fourth-order valence-electron chi connectivity index (χ4n) is 3.87. The van der Waals surface area contributed by atoms with E-state index < -0.39 is 0 Å². The highest BCUT2D eigenvalue weighted by atomic mass is 35.5. The number of rotatable bonds is 6. The number of benzene rings is 3. The zero-order chi connectivity index (χ0) is 22.7. The van der Waals surface area contributed by atoms with Gasteiger partial charge in [0, 0.05) is 22.8 Å². The molecule has 1 heterocycles. The van der Waals surface area contributed by atoms with E-state index in [1.807, 2.05) is 78.6 Å². The van der Waals surface area contributed by atoms with Gasteiger partial charge in [-0.25, -0.2) is 0 Å². The van der Waals surface area contributed by atoms with Crippen LogP contribution in [0.2, 0.25) is 5.02 Å². The lowest BCUT2D eigenvalue weighted by atomic mass is 10.0. The van der Waals surface area contributed by atoms with Gasteiger partial charge in [0.15, 0.2) is 0 Å². The van der Waals surface area contributed by atoms with E-state index in [-0.39, 0.29) is 17.2 Å². The predicted molar refractivity (Wildman–Crippen MR) is 132 cm³/mol. The van der Waals surface area contributed by atoms with Gasteiger partial charge >= 0.3 is 0 Å². The number of carbonyl (C=O) groups is 2. The molecule has 1 fully saturated rings. The molecule has 1 atom stereocenters. The zero-order valence-electron chi connectivity index (χ0n) is 18.1. The Morgan fingerprint density at radius 1 is 1.09 bits per heavy atom. The number of hydrogen-bond donors (Lipinski definition) is 1. The van der Waals surface area contributed by atoms with Gasteiger partial charge in [-0.05, 0) is 59.9 Å². The highest BCUT2D eigenvalue weighted by Crippen LogP contribution is 2.39. The Kier molecular flexibility index (Phi) is 6.87. The molecule has 0 spiro atoms. The number of hydrogen-bond acceptors (Lipinski definition) is 3. The first-order valence-corrected chi connectivity index (χ1v) is 12.0. The molecule has 0 aromatic heterocycles. The second-order valence-corrected chi connectivity index (χ2v) is 9.36. The second kappa shape index (κ2) is 9.80. The fourth-order valence-corrected chi connectivity index (χ4v) is 5.19. The Bertz CT molecular complexity index is 1130. The summed E-state index contributed by atoms with van der Waals surface area (Å²) in [5, 5.41) is 3.68. The summed E-state index contributed by atoms with van der Waals surface area (Å²) in [7, 11) is 0. The van der Waals surface area contributed by atoms with Crippen LogP contribution >= 0.6 is 23.4 Å². The van der Waals surface area contributed by atoms with Crippen molar-refractivity contribution < 1.29 is 9.59 Å². The van der Waals surface area contributed by atoms with Crippen molar-refractivity contribution in [2.45, 2.75) is 32.2 Å². The van der Waals surface area contributed by atoms with Crippen LogP contribution in [-0.4, -0.2) is 22.5 Å². The van der Waals surface area contributed by atoms with Crippen molar-refractivity contribution in [3.05, 3.63) is 99.6 Å². The number of thioether (sulfide) groups is 1. The van der Waals surface area contributed by atoms with Gasteiger partial charge in [0.05, 0.1) is 5.75 Å². The molecule has 1 aliphatic heterocycles. The molecule has 0 radical (unpaired) electrons. The van der Waals surface area contributed by atoms with Crippen LogP contribution in [0.4, 0.5) is 5.69 Å². The lowest BCUT2D eigenvalue weighted by molar-refractivity contribution is -0.128. The quantitative estimate of drug-likeness (QED) is 0.470. The first-order chi connectivity index (χ1) is 15.5. The van der Waals surface area contributed by atoms with Gasteiger partial charge < -0.3 is 10.2 Å². The molecular weight excluding hydrogens is 440 g/mol. The number of anilines is 1. The molecule has 0 aliphatic carbocycles. The fraction of sp³-hybridized carbons (Fsp3) is 0.231. The molecule has 6 heteroatoms. The summed E-state index contributed by atoms with van der Waals surface area (Å²) in [6.07, 6.45) is 0.854. The van der Waals surface area contributed by atoms with E-state index in [4.69, 9.17) is 11.6 Å². The van der Waals surface area contributed by atoms with E-state index in [1.165, 1.54) is 0 Å². The molecule has 4 nitrogen and oxygen atoms in total. The highest BCUT2D eigenvalue weighted by molar-refractivity contribution is 8.00. The molecule has 2 amide bonds. The van der Waals surface area contributed by atoms with Crippen LogP contribution in [0.25, 0.3) is 0 Å². The van der Waals surface area contributed by atoms with Crippen molar-refractivity contribution in [3.8, 4) is 0 Å². The molecule has 1 N–H and O–H groups in total. The van der Waals surface area contributed by atoms with Gasteiger partial charge in [-0.2, -0.15) is 0 Å². The van der Waals surface area contributed by atoms with Crippen LogP contribution in [0.5, 0.6) is 0 Å². The molecule has 3 aromatic rings. The van der Waals surface area contributed by atoms with Gasteiger partial charge in [0.25, 0.3) is 5.91 Å². The minimum Gasteiger partial charge on any atom is -0.322 e. The summed E-state index contributed by atoms with van der Waals surface area (Å²) >= 11 is 7.59. The van der Waals surface area contributed by atoms with Crippen LogP contribution in [0.1, 0.15) is 44.9 Å². The topological polar surface area (TPSA) is 49.4 Å². The number of para-hydroxylation sites is 1. The van der Waals surface area contributed by atoms with E-state index in [1.54, 1.807) is 11.8 Å². The molecule has 1 saturated heterocycles. The first kappa shape index (κ1) is 22.4. The summed E-state index contributed by atoms with van der Waals surface area (Å²) in [5.41, 5.74) is 5.70. The first-order valence-electron chi connectivity index (χ1n) is 10.6. The lowest BCUT2D eigenvalue weighted by Gasteiger charge is -2.24. The van der Waals surface area contributed by atoms with Crippen molar-refractivity contribution in [2.24, 2.45) is 0 Å². The summed E-state index contributed by atoms with van der Waals surface area (Å²) in [6, 6.07) is 21.2. The molecule has 0 saturated carbocycles. The number of aryl methyl sites for hydroxylation is 2. The molecule has 32 heavy (non-hydrogen) atoms. The van der Waals surface area contributed by atoms with Crippen LogP contribution < -0.4 is 5.32 Å². The van der Waals surface area contributed by atoms with Crippen molar-refractivity contribution in [2.75, 3.05) is 11.1 Å². The van der Waals surface area contributed by atoms with E-state index >= 15 is 0 Å². The van der Waals surface area contributed by atoms with Crippen molar-refractivity contribution >= 4 is 40.9 Å². The Labute approximate surface area is 198 Å². The van der Waals surface area contributed by atoms with E-state index in [0.29, 0.717) is 22.9 Å². The third kappa shape index (κ3) is 4.84. The summed E-state index contributed by atoms with van der Waals surface area (Å²) in [4.78, 5) is 27.3. The molecule has 4 rings (SSSR count). The van der Waals surface area contributed by atoms with Crippen LogP contribution in [-0.2, 0) is 17.8 Å². The summed E-state index contributed by atoms with van der Waals surface area (Å²) in [6.45, 7) is 4.61. The third-order valence-corrected chi connectivity index (χ3v) is 7.18. The smallest absolute Gasteiger partial charge is 0.255 e. The maximum Gasteiger partial charge on any atom is 0.255 e. The van der Waals surface area contributed by atoms with Gasteiger partial charge in [-0.3, -0.25) is 9.59 Å². The van der Waals surface area contributed by atoms with Gasteiger partial charge in [0.1, 0.15) is 5.37 Å². The average molecular weight is 465 g/mol. The van der Waals surface area contributed by atoms with Crippen molar-refractivity contribution in [1.29, 1.82) is 0 Å².